The summed E-state index contributed by atoms with van der Waals surface area (Å²) in [5.41, 5.74) is -2.46. The molecule has 0 atom stereocenters. The van der Waals surface area contributed by atoms with E-state index in [0.29, 0.717) is 18.6 Å². The van der Waals surface area contributed by atoms with Crippen LogP contribution < -0.4 is 10.2 Å². The number of aromatic nitrogens is 4. The van der Waals surface area contributed by atoms with Gasteiger partial charge in [-0.05, 0) is 25.3 Å². The van der Waals surface area contributed by atoms with Gasteiger partial charge in [0.25, 0.3) is 0 Å². The molecule has 170 valence electrons. The maximum atomic E-state index is 14.6. The maximum absolute atomic E-state index is 14.6. The average Bonchev–Trinajstić information content (AvgIpc) is 3.06. The van der Waals surface area contributed by atoms with Gasteiger partial charge in [-0.2, -0.15) is 23.3 Å². The molecule has 1 aliphatic heterocycles. The van der Waals surface area contributed by atoms with Gasteiger partial charge in [0.1, 0.15) is 5.69 Å². The number of hydrogen-bond donors (Lipinski definition) is 2. The summed E-state index contributed by atoms with van der Waals surface area (Å²) in [6.45, 7) is 2.27. The summed E-state index contributed by atoms with van der Waals surface area (Å²) in [5.74, 6) is -4.84. The fraction of sp³-hybridized carbons (Fsp3) is 0.450. The Bertz CT molecular complexity index is 1220. The zero-order valence-electron chi connectivity index (χ0n) is 17.0. The molecule has 2 aromatic heterocycles. The van der Waals surface area contributed by atoms with Crippen molar-refractivity contribution in [2.75, 3.05) is 24.5 Å². The van der Waals surface area contributed by atoms with Crippen molar-refractivity contribution in [3.63, 3.8) is 0 Å². The summed E-state index contributed by atoms with van der Waals surface area (Å²) in [6.07, 6.45) is -0.652. The van der Waals surface area contributed by atoms with Crippen LogP contribution in [0.2, 0.25) is 0 Å². The molecule has 32 heavy (non-hydrogen) atoms. The first kappa shape index (κ1) is 20.9. The minimum absolute atomic E-state index is 0.0657. The quantitative estimate of drug-likeness (QED) is 0.579. The molecule has 2 fully saturated rings. The van der Waals surface area contributed by atoms with Crippen molar-refractivity contribution in [1.82, 2.24) is 25.1 Å². The van der Waals surface area contributed by atoms with Crippen molar-refractivity contribution in [2.24, 2.45) is 7.05 Å². The number of piperazine rings is 1. The number of fused-ring (bicyclic) bond motifs is 1. The lowest BCUT2D eigenvalue weighted by molar-refractivity contribution is -0.140. The number of nitrogens with one attached hydrogen (secondary N) is 1. The van der Waals surface area contributed by atoms with Crippen LogP contribution in [0.25, 0.3) is 22.3 Å². The van der Waals surface area contributed by atoms with Crippen molar-refractivity contribution in [1.29, 1.82) is 0 Å². The third-order valence-corrected chi connectivity index (χ3v) is 6.37. The second-order valence-electron chi connectivity index (χ2n) is 8.23. The first-order valence-corrected chi connectivity index (χ1v) is 10.1. The van der Waals surface area contributed by atoms with E-state index in [0.717, 1.165) is 32.4 Å². The number of benzene rings is 1. The van der Waals surface area contributed by atoms with Crippen molar-refractivity contribution >= 4 is 17.0 Å². The Morgan fingerprint density at radius 3 is 2.59 bits per heavy atom. The van der Waals surface area contributed by atoms with Crippen molar-refractivity contribution in [3.8, 4) is 17.0 Å². The second kappa shape index (κ2) is 6.99. The van der Waals surface area contributed by atoms with Gasteiger partial charge in [-0.3, -0.25) is 0 Å². The third-order valence-electron chi connectivity index (χ3n) is 6.37. The predicted octanol–water partition coefficient (Wildman–Crippen LogP) is 3.37. The molecule has 0 unspecified atom stereocenters. The van der Waals surface area contributed by atoms with Crippen LogP contribution in [-0.2, 0) is 13.2 Å². The van der Waals surface area contributed by atoms with Gasteiger partial charge in [0.15, 0.2) is 23.0 Å². The Morgan fingerprint density at radius 2 is 1.94 bits per heavy atom. The molecule has 12 heteroatoms. The van der Waals surface area contributed by atoms with Crippen molar-refractivity contribution in [2.45, 2.75) is 31.0 Å². The minimum Gasteiger partial charge on any atom is -0.503 e. The molecule has 5 rings (SSSR count). The van der Waals surface area contributed by atoms with E-state index < -0.39 is 34.7 Å². The lowest BCUT2D eigenvalue weighted by Crippen LogP contribution is -2.65. The van der Waals surface area contributed by atoms with Crippen LogP contribution in [0.4, 0.5) is 27.9 Å². The number of rotatable bonds is 2. The summed E-state index contributed by atoms with van der Waals surface area (Å²) < 4.78 is 69.4. The molecule has 0 bridgehead atoms. The van der Waals surface area contributed by atoms with Gasteiger partial charge in [-0.1, -0.05) is 0 Å². The van der Waals surface area contributed by atoms with Gasteiger partial charge in [0.2, 0.25) is 5.95 Å². The number of nitrogens with zero attached hydrogens (tertiary/aromatic N) is 5. The number of halogens is 5. The average molecular weight is 454 g/mol. The van der Waals surface area contributed by atoms with Crippen LogP contribution in [-0.4, -0.2) is 50.0 Å². The zero-order chi connectivity index (χ0) is 22.8. The van der Waals surface area contributed by atoms with E-state index in [-0.39, 0.29) is 22.3 Å². The molecule has 1 saturated heterocycles. The Hall–Kier alpha value is -3.02. The van der Waals surface area contributed by atoms with Crippen LogP contribution in [0, 0.1) is 11.6 Å². The standard InChI is InChI=1S/C20H19F5N6O/c1-30-17-11(8-27-18(28-17)31-6-5-26-9-19(31)3-2-4-19)15(29-30)10-7-12(20(23,24)25)14(22)16(32)13(10)21/h7-8,26,32H,2-6,9H2,1H3. The molecule has 7 nitrogen and oxygen atoms in total. The number of alkyl halides is 3. The molecule has 1 saturated carbocycles. The summed E-state index contributed by atoms with van der Waals surface area (Å²) in [6, 6.07) is 0.305. The van der Waals surface area contributed by atoms with Crippen molar-refractivity contribution in [3.05, 3.63) is 29.5 Å². The normalized spacial score (nSPS) is 18.4. The summed E-state index contributed by atoms with van der Waals surface area (Å²) in [5, 5.41) is 17.3. The summed E-state index contributed by atoms with van der Waals surface area (Å²) >= 11 is 0. The Morgan fingerprint density at radius 1 is 1.19 bits per heavy atom. The molecule has 1 aliphatic carbocycles. The van der Waals surface area contributed by atoms with Gasteiger partial charge >= 0.3 is 6.18 Å². The highest BCUT2D eigenvalue weighted by Gasteiger charge is 2.45. The molecule has 2 aliphatic rings. The van der Waals surface area contributed by atoms with E-state index in [2.05, 4.69) is 25.3 Å². The fourth-order valence-corrected chi connectivity index (χ4v) is 4.55. The molecule has 2 N–H and O–H groups in total. The monoisotopic (exact) mass is 454 g/mol. The highest BCUT2D eigenvalue weighted by molar-refractivity contribution is 5.91. The molecular formula is C20H19F5N6O. The van der Waals surface area contributed by atoms with Crippen LogP contribution in [0.3, 0.4) is 0 Å². The molecule has 1 spiro atoms. The van der Waals surface area contributed by atoms with E-state index in [1.54, 1.807) is 0 Å². The van der Waals surface area contributed by atoms with E-state index >= 15 is 0 Å². The van der Waals surface area contributed by atoms with Gasteiger partial charge in [-0.25, -0.2) is 18.4 Å². The maximum Gasteiger partial charge on any atom is 0.419 e. The van der Waals surface area contributed by atoms with Crippen molar-refractivity contribution < 1.29 is 27.1 Å². The highest BCUT2D eigenvalue weighted by Crippen LogP contribution is 2.43. The summed E-state index contributed by atoms with van der Waals surface area (Å²) in [7, 11) is 1.52. The fourth-order valence-electron chi connectivity index (χ4n) is 4.55. The third kappa shape index (κ3) is 2.99. The minimum atomic E-state index is -5.13. The Balaban J connectivity index is 1.64. The van der Waals surface area contributed by atoms with Gasteiger partial charge in [-0.15, -0.1) is 0 Å². The van der Waals surface area contributed by atoms with Gasteiger partial charge < -0.3 is 15.3 Å². The lowest BCUT2D eigenvalue weighted by atomic mass is 9.74. The number of phenols is 1. The molecule has 3 aromatic rings. The van der Waals surface area contributed by atoms with Gasteiger partial charge in [0.05, 0.1) is 16.5 Å². The number of phenolic OH excluding ortho intramolecular Hbond substituents is 1. The SMILES string of the molecule is Cn1nc(-c2cc(C(F)(F)F)c(F)c(O)c2F)c2cnc(N3CCNCC34CCC4)nc21. The number of aryl methyl sites for hydroxylation is 1. The Labute approximate surface area is 178 Å². The highest BCUT2D eigenvalue weighted by atomic mass is 19.4. The molecule has 1 aromatic carbocycles. The topological polar surface area (TPSA) is 79.1 Å². The van der Waals surface area contributed by atoms with E-state index in [1.165, 1.54) is 17.9 Å². The van der Waals surface area contributed by atoms with Crippen LogP contribution in [0.1, 0.15) is 24.8 Å². The Kier molecular flexibility index (Phi) is 4.56. The van der Waals surface area contributed by atoms with Crippen LogP contribution in [0.15, 0.2) is 12.3 Å². The lowest BCUT2D eigenvalue weighted by Gasteiger charge is -2.53. The van der Waals surface area contributed by atoms with Gasteiger partial charge in [0, 0.05) is 38.4 Å². The smallest absolute Gasteiger partial charge is 0.419 e. The number of anilines is 1. The van der Waals surface area contributed by atoms with Crippen LogP contribution >= 0.6 is 0 Å². The first-order chi connectivity index (χ1) is 15.1. The molecule has 0 radical (unpaired) electrons. The molecule has 0 amide bonds. The summed E-state index contributed by atoms with van der Waals surface area (Å²) in [4.78, 5) is 11.1. The van der Waals surface area contributed by atoms with Crippen LogP contribution in [0.5, 0.6) is 5.75 Å². The molecule has 3 heterocycles. The largest absolute Gasteiger partial charge is 0.503 e. The van der Waals surface area contributed by atoms with E-state index in [9.17, 15) is 27.1 Å². The van der Waals surface area contributed by atoms with E-state index in [4.69, 9.17) is 0 Å². The first-order valence-electron chi connectivity index (χ1n) is 10.1. The zero-order valence-corrected chi connectivity index (χ0v) is 17.0. The number of hydrogen-bond acceptors (Lipinski definition) is 6. The number of aromatic hydroxyl groups is 1. The molecular weight excluding hydrogens is 435 g/mol. The predicted molar refractivity (Wildman–Crippen MR) is 105 cm³/mol. The second-order valence-corrected chi connectivity index (χ2v) is 8.23. The van der Waals surface area contributed by atoms with E-state index in [1.807, 2.05) is 0 Å².